The third-order valence-electron chi connectivity index (χ3n) is 3.41. The summed E-state index contributed by atoms with van der Waals surface area (Å²) in [6.07, 6.45) is 5.68. The monoisotopic (exact) mass is 204 g/mol. The molecule has 1 saturated heterocycles. The maximum Gasteiger partial charge on any atom is 0.0454 e. The van der Waals surface area contributed by atoms with Crippen LogP contribution in [0.4, 0.5) is 0 Å². The predicted molar refractivity (Wildman–Crippen MR) is 60.1 cm³/mol. The van der Waals surface area contributed by atoms with Crippen molar-refractivity contribution >= 4 is 19.9 Å². The van der Waals surface area contributed by atoms with Crippen LogP contribution in [0.3, 0.4) is 0 Å². The van der Waals surface area contributed by atoms with E-state index in [1.165, 1.54) is 36.4 Å². The van der Waals surface area contributed by atoms with Gasteiger partial charge < -0.3 is 0 Å². The molecule has 2 N–H and O–H groups in total. The Morgan fingerprint density at radius 2 is 1.92 bits per heavy atom. The number of nitrogens with two attached hydrogens (primary N) is 1. The Labute approximate surface area is 79.3 Å². The topological polar surface area (TPSA) is 29.3 Å². The average Bonchev–Trinajstić information content (AvgIpc) is 2.50. The molecule has 0 amide bonds. The van der Waals surface area contributed by atoms with Gasteiger partial charge in [-0.15, -0.1) is 10.4 Å². The Bertz CT molecular complexity index is 166. The highest BCUT2D eigenvalue weighted by Gasteiger charge is 2.36. The van der Waals surface area contributed by atoms with E-state index < -0.39 is 10.4 Å². The Morgan fingerprint density at radius 3 is 2.33 bits per heavy atom. The minimum atomic E-state index is -0.706. The lowest BCUT2D eigenvalue weighted by molar-refractivity contribution is 0.405. The minimum Gasteiger partial charge on any atom is -0.284 e. The Morgan fingerprint density at radius 1 is 1.33 bits per heavy atom. The van der Waals surface area contributed by atoms with E-state index in [-0.39, 0.29) is 0 Å². The molecule has 12 heavy (non-hydrogen) atoms. The third kappa shape index (κ3) is 1.45. The van der Waals surface area contributed by atoms with Crippen molar-refractivity contribution in [2.45, 2.75) is 31.7 Å². The minimum absolute atomic E-state index is 0.301. The molecule has 0 aromatic rings. The molecule has 0 unspecified atom stereocenters. The van der Waals surface area contributed by atoms with Crippen molar-refractivity contribution in [1.82, 2.24) is 4.31 Å². The molecule has 0 aromatic carbocycles. The lowest BCUT2D eigenvalue weighted by Crippen LogP contribution is -2.49. The maximum absolute atomic E-state index is 6.37. The van der Waals surface area contributed by atoms with Gasteiger partial charge in [0.15, 0.2) is 0 Å². The van der Waals surface area contributed by atoms with Gasteiger partial charge in [-0.05, 0) is 30.6 Å². The first kappa shape index (κ1) is 9.06. The molecule has 0 radical (unpaired) electrons. The van der Waals surface area contributed by atoms with Crippen LogP contribution in [0.1, 0.15) is 25.7 Å². The van der Waals surface area contributed by atoms with Gasteiger partial charge in [0.25, 0.3) is 0 Å². The lowest BCUT2D eigenvalue weighted by atomic mass is 10.3. The molecule has 0 atom stereocenters. The van der Waals surface area contributed by atoms with Crippen LogP contribution in [0.5, 0.6) is 0 Å². The number of nitrogens with zero attached hydrogens (tertiary/aromatic N) is 1. The van der Waals surface area contributed by atoms with Gasteiger partial charge in [-0.2, -0.15) is 0 Å². The molecule has 72 valence electrons. The Hall–Kier alpha value is 0.487. The molecule has 1 heterocycles. The summed E-state index contributed by atoms with van der Waals surface area (Å²) in [5.41, 5.74) is 0. The van der Waals surface area contributed by atoms with Crippen LogP contribution in [0.2, 0.25) is 0 Å². The van der Waals surface area contributed by atoms with Crippen LogP contribution < -0.4 is 5.14 Å². The first-order valence-electron chi connectivity index (χ1n) is 5.02. The van der Waals surface area contributed by atoms with Crippen LogP contribution >= 0.6 is 10.4 Å². The first-order chi connectivity index (χ1) is 5.72. The lowest BCUT2D eigenvalue weighted by Gasteiger charge is -2.53. The highest BCUT2D eigenvalue weighted by atomic mass is 32.3. The summed E-state index contributed by atoms with van der Waals surface area (Å²) in [5, 5.41) is 9.23. The Kier molecular flexibility index (Phi) is 2.51. The van der Waals surface area contributed by atoms with E-state index >= 15 is 0 Å². The van der Waals surface area contributed by atoms with Crippen molar-refractivity contribution in [3.8, 4) is 0 Å². The fourth-order valence-electron chi connectivity index (χ4n) is 2.29. The van der Waals surface area contributed by atoms with Crippen molar-refractivity contribution in [2.75, 3.05) is 17.8 Å². The molecule has 2 fully saturated rings. The third-order valence-corrected chi connectivity index (χ3v) is 12.8. The number of rotatable bonds is 2. The van der Waals surface area contributed by atoms with Crippen molar-refractivity contribution in [3.05, 3.63) is 0 Å². The fraction of sp³-hybridized carbons (Fsp3) is 1.00. The maximum atomic E-state index is 6.37. The smallest absolute Gasteiger partial charge is 0.0454 e. The average molecular weight is 204 g/mol. The second kappa shape index (κ2) is 3.33. The highest BCUT2D eigenvalue weighted by molar-refractivity contribution is 8.34. The SMILES string of the molecule is CN(C1CCCC1)S1(N)C[SiH2]C1. The van der Waals surface area contributed by atoms with Gasteiger partial charge in [0.2, 0.25) is 0 Å². The number of hydrogen-bond donors (Lipinski definition) is 1. The van der Waals surface area contributed by atoms with Crippen molar-refractivity contribution in [1.29, 1.82) is 0 Å². The van der Waals surface area contributed by atoms with Crippen LogP contribution in [0.15, 0.2) is 0 Å². The second-order valence-electron chi connectivity index (χ2n) is 4.15. The van der Waals surface area contributed by atoms with E-state index in [9.17, 15) is 0 Å². The normalized spacial score (nSPS) is 44.6. The molecule has 1 saturated carbocycles. The zero-order valence-corrected chi connectivity index (χ0v) is 10.2. The number of hydrogen-bond acceptors (Lipinski definition) is 2. The standard InChI is InChI=1S/C8H20N2SSi/c1-10(8-4-2-3-5-8)11(9)6-12-7-11/h8H,2-7,9,12H2,1H3. The van der Waals surface area contributed by atoms with Crippen LogP contribution in [-0.2, 0) is 0 Å². The van der Waals surface area contributed by atoms with Crippen molar-refractivity contribution in [3.63, 3.8) is 0 Å². The zero-order valence-electron chi connectivity index (χ0n) is 7.96. The van der Waals surface area contributed by atoms with E-state index in [0.29, 0.717) is 9.52 Å². The molecule has 2 rings (SSSR count). The summed E-state index contributed by atoms with van der Waals surface area (Å²) < 4.78 is 2.57. The van der Waals surface area contributed by atoms with Crippen LogP contribution in [0, 0.1) is 0 Å². The molecular formula is C8H20N2SSi. The van der Waals surface area contributed by atoms with E-state index in [4.69, 9.17) is 5.14 Å². The second-order valence-corrected chi connectivity index (χ2v) is 10.5. The first-order valence-corrected chi connectivity index (χ1v) is 9.01. The summed E-state index contributed by atoms with van der Waals surface area (Å²) in [4.78, 5) is 0. The molecule has 4 heteroatoms. The van der Waals surface area contributed by atoms with Crippen LogP contribution in [0.25, 0.3) is 0 Å². The molecule has 1 aliphatic heterocycles. The van der Waals surface area contributed by atoms with E-state index in [1.807, 2.05) is 0 Å². The summed E-state index contributed by atoms with van der Waals surface area (Å²) in [6.45, 7) is 0. The van der Waals surface area contributed by atoms with Crippen molar-refractivity contribution in [2.24, 2.45) is 5.14 Å². The molecule has 2 aliphatic rings. The predicted octanol–water partition coefficient (Wildman–Crippen LogP) is 0.552. The quantitative estimate of drug-likeness (QED) is 0.666. The van der Waals surface area contributed by atoms with E-state index in [0.717, 1.165) is 6.04 Å². The fourth-order valence-corrected chi connectivity index (χ4v) is 8.92. The Balaban J connectivity index is 1.93. The molecule has 2 nitrogen and oxygen atoms in total. The summed E-state index contributed by atoms with van der Waals surface area (Å²) in [5.74, 6) is 0. The van der Waals surface area contributed by atoms with Gasteiger partial charge in [0.05, 0.1) is 0 Å². The van der Waals surface area contributed by atoms with E-state index in [2.05, 4.69) is 11.4 Å². The molecule has 0 spiro atoms. The molecular weight excluding hydrogens is 184 g/mol. The zero-order chi connectivity index (χ0) is 8.60. The molecule has 0 aromatic heterocycles. The summed E-state index contributed by atoms with van der Waals surface area (Å²) in [6, 6.07) is 0.847. The summed E-state index contributed by atoms with van der Waals surface area (Å²) >= 11 is 0. The van der Waals surface area contributed by atoms with Gasteiger partial charge in [-0.1, -0.05) is 12.8 Å². The molecule has 0 bridgehead atoms. The summed E-state index contributed by atoms with van der Waals surface area (Å²) in [7, 11) is 1.87. The van der Waals surface area contributed by atoms with E-state index in [1.54, 1.807) is 0 Å². The highest BCUT2D eigenvalue weighted by Crippen LogP contribution is 2.50. The largest absolute Gasteiger partial charge is 0.284 e. The van der Waals surface area contributed by atoms with Gasteiger partial charge in [-0.3, -0.25) is 9.44 Å². The van der Waals surface area contributed by atoms with Crippen molar-refractivity contribution < 1.29 is 0 Å². The molecule has 1 aliphatic carbocycles. The van der Waals surface area contributed by atoms with Gasteiger partial charge in [-0.25, -0.2) is 0 Å². The van der Waals surface area contributed by atoms with Gasteiger partial charge in [0, 0.05) is 15.6 Å². The van der Waals surface area contributed by atoms with Gasteiger partial charge >= 0.3 is 0 Å². The van der Waals surface area contributed by atoms with Crippen LogP contribution in [-0.4, -0.2) is 37.7 Å². The van der Waals surface area contributed by atoms with Gasteiger partial charge in [0.1, 0.15) is 0 Å².